The fraction of sp³-hybridized carbons (Fsp3) is 0.211. The maximum atomic E-state index is 12.3. The average Bonchev–Trinajstić information content (AvgIpc) is 2.56. The van der Waals surface area contributed by atoms with E-state index in [0.717, 1.165) is 16.7 Å². The molecule has 1 aromatic carbocycles. The highest BCUT2D eigenvalue weighted by molar-refractivity contribution is 5.91. The number of esters is 1. The van der Waals surface area contributed by atoms with Crippen LogP contribution in [0.5, 0.6) is 0 Å². The number of carbonyl (C=O) groups is 1. The van der Waals surface area contributed by atoms with Gasteiger partial charge in [0.15, 0.2) is 0 Å². The number of rotatable bonds is 3. The van der Waals surface area contributed by atoms with Crippen LogP contribution in [0.3, 0.4) is 0 Å². The molecule has 2 aromatic heterocycles. The molecule has 3 aromatic rings. The molecule has 0 fully saturated rings. The van der Waals surface area contributed by atoms with E-state index in [2.05, 4.69) is 4.98 Å². The Bertz CT molecular complexity index is 990. The van der Waals surface area contributed by atoms with E-state index in [9.17, 15) is 9.59 Å². The first-order valence-corrected chi connectivity index (χ1v) is 7.68. The minimum Gasteiger partial charge on any atom is -0.456 e. The van der Waals surface area contributed by atoms with Crippen LogP contribution in [0.15, 0.2) is 47.4 Å². The van der Waals surface area contributed by atoms with Crippen LogP contribution in [0.2, 0.25) is 0 Å². The van der Waals surface area contributed by atoms with E-state index in [1.165, 1.54) is 10.5 Å². The topological polar surface area (TPSA) is 60.7 Å². The molecule has 0 unspecified atom stereocenters. The number of nitrogens with zero attached hydrogens (tertiary/aromatic N) is 2. The van der Waals surface area contributed by atoms with Gasteiger partial charge in [-0.2, -0.15) is 0 Å². The first kappa shape index (κ1) is 15.9. The standard InChI is InChI=1S/C19H18N2O3/c1-12-6-7-13(2)16(9-12)19(23)24-11-15-10-17(22)21-8-4-5-14(3)18(21)20-15/h4-10H,11H2,1-3H3. The van der Waals surface area contributed by atoms with E-state index in [1.54, 1.807) is 18.3 Å². The van der Waals surface area contributed by atoms with Gasteiger partial charge >= 0.3 is 5.97 Å². The molecule has 0 aliphatic rings. The Kier molecular flexibility index (Phi) is 4.16. The number of carbonyl (C=O) groups excluding carboxylic acids is 1. The summed E-state index contributed by atoms with van der Waals surface area (Å²) in [7, 11) is 0. The van der Waals surface area contributed by atoms with Gasteiger partial charge in [0.1, 0.15) is 12.3 Å². The summed E-state index contributed by atoms with van der Waals surface area (Å²) in [6, 6.07) is 10.7. The van der Waals surface area contributed by atoms with Crippen LogP contribution < -0.4 is 5.56 Å². The van der Waals surface area contributed by atoms with Crippen molar-refractivity contribution in [3.8, 4) is 0 Å². The van der Waals surface area contributed by atoms with Crippen molar-refractivity contribution < 1.29 is 9.53 Å². The Labute approximate surface area is 139 Å². The van der Waals surface area contributed by atoms with Crippen molar-refractivity contribution in [2.45, 2.75) is 27.4 Å². The molecule has 5 nitrogen and oxygen atoms in total. The summed E-state index contributed by atoms with van der Waals surface area (Å²) in [5, 5.41) is 0. The number of benzene rings is 1. The molecule has 0 bridgehead atoms. The lowest BCUT2D eigenvalue weighted by Gasteiger charge is -2.09. The third-order valence-corrected chi connectivity index (χ3v) is 3.90. The monoisotopic (exact) mass is 322 g/mol. The molecule has 0 radical (unpaired) electrons. The van der Waals surface area contributed by atoms with Crippen LogP contribution >= 0.6 is 0 Å². The second kappa shape index (κ2) is 6.28. The summed E-state index contributed by atoms with van der Waals surface area (Å²) in [6.45, 7) is 5.63. The quantitative estimate of drug-likeness (QED) is 0.696. The molecular formula is C19H18N2O3. The normalized spacial score (nSPS) is 10.8. The molecule has 0 atom stereocenters. The minimum atomic E-state index is -0.414. The largest absolute Gasteiger partial charge is 0.456 e. The predicted molar refractivity (Wildman–Crippen MR) is 91.2 cm³/mol. The summed E-state index contributed by atoms with van der Waals surface area (Å²) in [5.74, 6) is -0.414. The van der Waals surface area contributed by atoms with Crippen molar-refractivity contribution in [2.75, 3.05) is 0 Å². The van der Waals surface area contributed by atoms with Gasteiger partial charge in [-0.05, 0) is 44.0 Å². The van der Waals surface area contributed by atoms with Gasteiger partial charge in [-0.15, -0.1) is 0 Å². The van der Waals surface area contributed by atoms with Gasteiger partial charge in [-0.3, -0.25) is 9.20 Å². The highest BCUT2D eigenvalue weighted by Crippen LogP contribution is 2.13. The molecule has 0 N–H and O–H groups in total. The van der Waals surface area contributed by atoms with E-state index in [-0.39, 0.29) is 12.2 Å². The lowest BCUT2D eigenvalue weighted by Crippen LogP contribution is -2.17. The van der Waals surface area contributed by atoms with Gasteiger partial charge in [0.2, 0.25) is 0 Å². The Hall–Kier alpha value is -2.95. The van der Waals surface area contributed by atoms with Crippen molar-refractivity contribution in [2.24, 2.45) is 0 Å². The summed E-state index contributed by atoms with van der Waals surface area (Å²) in [6.07, 6.45) is 1.67. The Morgan fingerprint density at radius 2 is 1.92 bits per heavy atom. The molecule has 0 saturated carbocycles. The van der Waals surface area contributed by atoms with Crippen molar-refractivity contribution in [3.63, 3.8) is 0 Å². The number of pyridine rings is 1. The SMILES string of the molecule is Cc1ccc(C)c(C(=O)OCc2cc(=O)n3cccc(C)c3n2)c1. The molecular weight excluding hydrogens is 304 g/mol. The van der Waals surface area contributed by atoms with E-state index >= 15 is 0 Å². The summed E-state index contributed by atoms with van der Waals surface area (Å²) < 4.78 is 6.82. The van der Waals surface area contributed by atoms with Crippen molar-refractivity contribution in [1.29, 1.82) is 0 Å². The lowest BCUT2D eigenvalue weighted by molar-refractivity contribution is 0.0466. The maximum absolute atomic E-state index is 12.3. The van der Waals surface area contributed by atoms with E-state index in [1.807, 2.05) is 39.0 Å². The fourth-order valence-corrected chi connectivity index (χ4v) is 2.56. The van der Waals surface area contributed by atoms with Crippen molar-refractivity contribution in [3.05, 3.63) is 80.9 Å². The molecule has 0 saturated heterocycles. The van der Waals surface area contributed by atoms with Crippen LogP contribution in [0.4, 0.5) is 0 Å². The lowest BCUT2D eigenvalue weighted by atomic mass is 10.1. The highest BCUT2D eigenvalue weighted by atomic mass is 16.5. The minimum absolute atomic E-state index is 0.0354. The van der Waals surface area contributed by atoms with Crippen LogP contribution in [-0.2, 0) is 11.3 Å². The molecule has 0 aliphatic carbocycles. The molecule has 24 heavy (non-hydrogen) atoms. The van der Waals surface area contributed by atoms with Crippen LogP contribution in [-0.4, -0.2) is 15.4 Å². The summed E-state index contributed by atoms with van der Waals surface area (Å²) >= 11 is 0. The van der Waals surface area contributed by atoms with E-state index in [4.69, 9.17) is 4.74 Å². The molecule has 0 spiro atoms. The predicted octanol–water partition coefficient (Wildman–Crippen LogP) is 2.98. The number of hydrogen-bond acceptors (Lipinski definition) is 4. The average molecular weight is 322 g/mol. The first-order chi connectivity index (χ1) is 11.5. The third kappa shape index (κ3) is 3.06. The smallest absolute Gasteiger partial charge is 0.338 e. The summed E-state index contributed by atoms with van der Waals surface area (Å²) in [5.41, 5.74) is 4.08. The van der Waals surface area contributed by atoms with E-state index < -0.39 is 5.97 Å². The number of fused-ring (bicyclic) bond motifs is 1. The number of ether oxygens (including phenoxy) is 1. The maximum Gasteiger partial charge on any atom is 0.338 e. The Balaban J connectivity index is 1.86. The zero-order valence-electron chi connectivity index (χ0n) is 13.9. The molecule has 0 aliphatic heterocycles. The van der Waals surface area contributed by atoms with Gasteiger partial charge in [0, 0.05) is 12.3 Å². The molecule has 5 heteroatoms. The van der Waals surface area contributed by atoms with Gasteiger partial charge in [0.05, 0.1) is 11.3 Å². The number of aromatic nitrogens is 2. The van der Waals surface area contributed by atoms with Gasteiger partial charge in [-0.1, -0.05) is 23.8 Å². The Morgan fingerprint density at radius 3 is 2.71 bits per heavy atom. The third-order valence-electron chi connectivity index (χ3n) is 3.90. The molecule has 2 heterocycles. The number of hydrogen-bond donors (Lipinski definition) is 0. The van der Waals surface area contributed by atoms with Crippen molar-refractivity contribution in [1.82, 2.24) is 9.38 Å². The van der Waals surface area contributed by atoms with Crippen LogP contribution in [0.25, 0.3) is 5.65 Å². The fourth-order valence-electron chi connectivity index (χ4n) is 2.56. The van der Waals surface area contributed by atoms with E-state index in [0.29, 0.717) is 16.9 Å². The summed E-state index contributed by atoms with van der Waals surface area (Å²) in [4.78, 5) is 28.8. The van der Waals surface area contributed by atoms with Gasteiger partial charge in [-0.25, -0.2) is 9.78 Å². The van der Waals surface area contributed by atoms with Gasteiger partial charge in [0.25, 0.3) is 5.56 Å². The van der Waals surface area contributed by atoms with Gasteiger partial charge < -0.3 is 4.74 Å². The highest BCUT2D eigenvalue weighted by Gasteiger charge is 2.12. The van der Waals surface area contributed by atoms with Crippen LogP contribution in [0, 0.1) is 20.8 Å². The second-order valence-electron chi connectivity index (χ2n) is 5.87. The van der Waals surface area contributed by atoms with Crippen molar-refractivity contribution >= 4 is 11.6 Å². The molecule has 0 amide bonds. The Morgan fingerprint density at radius 1 is 1.12 bits per heavy atom. The molecule has 122 valence electrons. The second-order valence-corrected chi connectivity index (χ2v) is 5.87. The zero-order valence-corrected chi connectivity index (χ0v) is 13.9. The van der Waals surface area contributed by atoms with Crippen LogP contribution in [0.1, 0.15) is 32.7 Å². The molecule has 3 rings (SSSR count). The number of aryl methyl sites for hydroxylation is 3. The zero-order chi connectivity index (χ0) is 17.3. The first-order valence-electron chi connectivity index (χ1n) is 7.68.